The highest BCUT2D eigenvalue weighted by Crippen LogP contribution is 2.22. The van der Waals surface area contributed by atoms with E-state index in [1.807, 2.05) is 30.3 Å². The number of anilines is 1. The van der Waals surface area contributed by atoms with Gasteiger partial charge in [-0.1, -0.05) is 18.2 Å². The van der Waals surface area contributed by atoms with Crippen LogP contribution in [0, 0.1) is 0 Å². The monoisotopic (exact) mass is 345 g/mol. The topological polar surface area (TPSA) is 84.1 Å². The molecule has 0 radical (unpaired) electrons. The maximum absolute atomic E-state index is 12.5. The van der Waals surface area contributed by atoms with Gasteiger partial charge in [0.1, 0.15) is 5.75 Å². The normalized spacial score (nSPS) is 10.8. The van der Waals surface area contributed by atoms with Gasteiger partial charge < -0.3 is 15.0 Å². The molecule has 0 fully saturated rings. The van der Waals surface area contributed by atoms with Crippen LogP contribution in [0.5, 0.6) is 5.75 Å². The van der Waals surface area contributed by atoms with Crippen LogP contribution in [0.25, 0.3) is 21.8 Å². The summed E-state index contributed by atoms with van der Waals surface area (Å²) >= 11 is 0. The number of hydrogen-bond donors (Lipinski definition) is 2. The largest absolute Gasteiger partial charge is 0.497 e. The maximum Gasteiger partial charge on any atom is 0.296 e. The minimum absolute atomic E-state index is 0.344. The number of pyridine rings is 1. The Kier molecular flexibility index (Phi) is 3.85. The quantitative estimate of drug-likeness (QED) is 0.438. The van der Waals surface area contributed by atoms with E-state index in [1.54, 1.807) is 31.5 Å². The molecule has 0 aliphatic carbocycles. The number of nitrogens with zero attached hydrogens (tertiary/aromatic N) is 1. The van der Waals surface area contributed by atoms with E-state index < -0.39 is 11.7 Å². The SMILES string of the molecule is COc1ccc2cc(NC(=O)C(=O)c3c[nH]c4ccccc34)cnc2c1. The Bertz CT molecular complexity index is 1150. The minimum Gasteiger partial charge on any atom is -0.497 e. The second-order valence-corrected chi connectivity index (χ2v) is 5.81. The first kappa shape index (κ1) is 15.8. The number of aromatic nitrogens is 2. The van der Waals surface area contributed by atoms with E-state index in [2.05, 4.69) is 15.3 Å². The number of carbonyl (C=O) groups excluding carboxylic acids is 2. The van der Waals surface area contributed by atoms with Crippen molar-refractivity contribution in [2.24, 2.45) is 0 Å². The molecule has 0 saturated heterocycles. The van der Waals surface area contributed by atoms with Crippen LogP contribution in [0.1, 0.15) is 10.4 Å². The standard InChI is InChI=1S/C20H15N3O3/c1-26-14-7-6-12-8-13(10-21-18(12)9-14)23-20(25)19(24)16-11-22-17-5-3-2-4-15(16)17/h2-11,22H,1H3,(H,23,25). The van der Waals surface area contributed by atoms with Crippen LogP contribution in [0.2, 0.25) is 0 Å². The highest BCUT2D eigenvalue weighted by Gasteiger charge is 2.20. The van der Waals surface area contributed by atoms with Crippen molar-refractivity contribution in [2.45, 2.75) is 0 Å². The number of rotatable bonds is 4. The smallest absolute Gasteiger partial charge is 0.296 e. The Balaban J connectivity index is 1.59. The van der Waals surface area contributed by atoms with Crippen molar-refractivity contribution in [3.05, 3.63) is 66.5 Å². The van der Waals surface area contributed by atoms with E-state index in [4.69, 9.17) is 4.74 Å². The minimum atomic E-state index is -0.704. The third-order valence-electron chi connectivity index (χ3n) is 4.19. The molecule has 2 heterocycles. The Hall–Kier alpha value is -3.67. The fourth-order valence-electron chi connectivity index (χ4n) is 2.87. The number of ether oxygens (including phenoxy) is 1. The van der Waals surface area contributed by atoms with Crippen LogP contribution in [-0.4, -0.2) is 28.8 Å². The zero-order valence-corrected chi connectivity index (χ0v) is 13.9. The number of carbonyl (C=O) groups is 2. The molecular formula is C20H15N3O3. The molecular weight excluding hydrogens is 330 g/mol. The molecule has 0 bridgehead atoms. The Morgan fingerprint density at radius 1 is 1.12 bits per heavy atom. The second-order valence-electron chi connectivity index (χ2n) is 5.81. The van der Waals surface area contributed by atoms with Gasteiger partial charge in [-0.05, 0) is 24.3 Å². The molecule has 26 heavy (non-hydrogen) atoms. The van der Waals surface area contributed by atoms with E-state index in [0.29, 0.717) is 17.0 Å². The lowest BCUT2D eigenvalue weighted by molar-refractivity contribution is -0.112. The molecule has 0 spiro atoms. The van der Waals surface area contributed by atoms with Crippen molar-refractivity contribution < 1.29 is 14.3 Å². The summed E-state index contributed by atoms with van der Waals surface area (Å²) in [4.78, 5) is 32.2. The summed E-state index contributed by atoms with van der Waals surface area (Å²) in [5, 5.41) is 4.17. The van der Waals surface area contributed by atoms with Crippen molar-refractivity contribution in [1.29, 1.82) is 0 Å². The molecule has 4 aromatic rings. The lowest BCUT2D eigenvalue weighted by Crippen LogP contribution is -2.22. The van der Waals surface area contributed by atoms with Crippen LogP contribution >= 0.6 is 0 Å². The van der Waals surface area contributed by atoms with Crippen molar-refractivity contribution >= 4 is 39.2 Å². The number of H-pyrrole nitrogens is 1. The number of benzene rings is 2. The van der Waals surface area contributed by atoms with Gasteiger partial charge in [-0.25, -0.2) is 0 Å². The highest BCUT2D eigenvalue weighted by molar-refractivity contribution is 6.48. The van der Waals surface area contributed by atoms with E-state index >= 15 is 0 Å². The molecule has 6 nitrogen and oxygen atoms in total. The van der Waals surface area contributed by atoms with Crippen molar-refractivity contribution in [2.75, 3.05) is 12.4 Å². The summed E-state index contributed by atoms with van der Waals surface area (Å²) in [6, 6.07) is 14.6. The van der Waals surface area contributed by atoms with Gasteiger partial charge in [-0.2, -0.15) is 0 Å². The third-order valence-corrected chi connectivity index (χ3v) is 4.19. The fourth-order valence-corrected chi connectivity index (χ4v) is 2.87. The Morgan fingerprint density at radius 3 is 2.81 bits per heavy atom. The molecule has 0 aliphatic rings. The van der Waals surface area contributed by atoms with Crippen LogP contribution in [0.4, 0.5) is 5.69 Å². The van der Waals surface area contributed by atoms with Gasteiger partial charge in [0.05, 0.1) is 30.1 Å². The van der Waals surface area contributed by atoms with Gasteiger partial charge in [-0.3, -0.25) is 14.6 Å². The average molecular weight is 345 g/mol. The Labute approximate surface area is 148 Å². The van der Waals surface area contributed by atoms with Crippen molar-refractivity contribution in [1.82, 2.24) is 9.97 Å². The zero-order chi connectivity index (χ0) is 18.1. The van der Waals surface area contributed by atoms with E-state index in [9.17, 15) is 9.59 Å². The number of methoxy groups -OCH3 is 1. The van der Waals surface area contributed by atoms with Gasteiger partial charge >= 0.3 is 0 Å². The first-order valence-electron chi connectivity index (χ1n) is 8.01. The van der Waals surface area contributed by atoms with Gasteiger partial charge in [0.15, 0.2) is 0 Å². The number of Topliss-reactive ketones (excluding diaryl/α,β-unsaturated/α-hetero) is 1. The summed E-state index contributed by atoms with van der Waals surface area (Å²) in [6.07, 6.45) is 3.07. The molecule has 4 rings (SSSR count). The average Bonchev–Trinajstić information content (AvgIpc) is 3.11. The van der Waals surface area contributed by atoms with Gasteiger partial charge in [0.2, 0.25) is 0 Å². The van der Waals surface area contributed by atoms with Gasteiger partial charge in [-0.15, -0.1) is 0 Å². The first-order valence-corrected chi connectivity index (χ1v) is 8.01. The van der Waals surface area contributed by atoms with E-state index in [1.165, 1.54) is 6.20 Å². The van der Waals surface area contributed by atoms with Crippen molar-refractivity contribution in [3.63, 3.8) is 0 Å². The number of aromatic amines is 1. The second kappa shape index (κ2) is 6.33. The molecule has 0 atom stereocenters. The third kappa shape index (κ3) is 2.77. The van der Waals surface area contributed by atoms with Crippen molar-refractivity contribution in [3.8, 4) is 5.75 Å². The maximum atomic E-state index is 12.5. The van der Waals surface area contributed by atoms with Gasteiger partial charge in [0.25, 0.3) is 11.7 Å². The van der Waals surface area contributed by atoms with Crippen LogP contribution < -0.4 is 10.1 Å². The number of amides is 1. The molecule has 2 aromatic heterocycles. The van der Waals surface area contributed by atoms with E-state index in [-0.39, 0.29) is 0 Å². The summed E-state index contributed by atoms with van der Waals surface area (Å²) < 4.78 is 5.17. The van der Waals surface area contributed by atoms with Crippen LogP contribution in [0.3, 0.4) is 0 Å². The first-order chi connectivity index (χ1) is 12.7. The molecule has 6 heteroatoms. The number of hydrogen-bond acceptors (Lipinski definition) is 4. The molecule has 0 aliphatic heterocycles. The predicted octanol–water partition coefficient (Wildman–Crippen LogP) is 3.55. The molecule has 0 saturated carbocycles. The molecule has 128 valence electrons. The lowest BCUT2D eigenvalue weighted by atomic mass is 10.1. The lowest BCUT2D eigenvalue weighted by Gasteiger charge is -2.06. The number of para-hydroxylation sites is 1. The van der Waals surface area contributed by atoms with E-state index in [0.717, 1.165) is 21.8 Å². The summed E-state index contributed by atoms with van der Waals surface area (Å²) in [5.74, 6) is -0.599. The number of fused-ring (bicyclic) bond motifs is 2. The zero-order valence-electron chi connectivity index (χ0n) is 13.9. The number of ketones is 1. The molecule has 0 unspecified atom stereocenters. The fraction of sp³-hybridized carbons (Fsp3) is 0.0500. The van der Waals surface area contributed by atoms with Gasteiger partial charge in [0, 0.05) is 28.6 Å². The highest BCUT2D eigenvalue weighted by atomic mass is 16.5. The molecule has 2 N–H and O–H groups in total. The summed E-state index contributed by atoms with van der Waals surface area (Å²) in [6.45, 7) is 0. The summed E-state index contributed by atoms with van der Waals surface area (Å²) in [5.41, 5.74) is 2.35. The predicted molar refractivity (Wildman–Crippen MR) is 99.6 cm³/mol. The Morgan fingerprint density at radius 2 is 1.96 bits per heavy atom. The van der Waals surface area contributed by atoms with Crippen LogP contribution in [-0.2, 0) is 4.79 Å². The van der Waals surface area contributed by atoms with Crippen LogP contribution in [0.15, 0.2) is 60.9 Å². The molecule has 2 aromatic carbocycles. The summed E-state index contributed by atoms with van der Waals surface area (Å²) in [7, 11) is 1.59. The number of nitrogens with one attached hydrogen (secondary N) is 2. The molecule has 1 amide bonds.